The number of carbonyl (C=O) groups excluding carboxylic acids is 2. The van der Waals surface area contributed by atoms with Gasteiger partial charge in [-0.3, -0.25) is 18.6 Å². The number of hydrogen-bond donors (Lipinski definition) is 1. The average Bonchev–Trinajstić information content (AvgIpc) is 3.61. The molecule has 478 valence electrons. The number of nitrogens with zero attached hydrogens (tertiary/aromatic N) is 1. The largest absolute Gasteiger partial charge is 0.472 e. The fourth-order valence-corrected chi connectivity index (χ4v) is 9.55. The maximum absolute atomic E-state index is 12.8. The van der Waals surface area contributed by atoms with Gasteiger partial charge in [0.2, 0.25) is 0 Å². The standard InChI is InChI=1S/C74H124NO8P/c1-6-8-10-12-14-16-18-20-22-24-26-27-28-29-30-31-32-33-34-35-36-37-38-39-40-41-42-43-44-45-46-47-49-51-53-55-57-59-61-63-65-67-74(77)83-72(71-82-84(78,79)81-69-68-75(3,4)5)70-80-73(76)66-64-62-60-58-56-54-52-50-48-25-23-21-19-17-15-13-11-9-7-2/h8-11,14-17,20-23,26-27,29-30,32-33,48,50,54,56,60,62,72H,6-7,12-13,18-19,24-25,28,31,34-47,49,51-53,55,57-59,61,63-71H2,1-5H3/p+1/b10-8-,11-9-,16-14-,17-15-,22-20-,23-21-,27-26-,30-29-,33-32-,50-48-,56-54-,62-60-. The molecule has 0 aromatic rings. The molecule has 0 bridgehead atoms. The van der Waals surface area contributed by atoms with Gasteiger partial charge >= 0.3 is 19.8 Å². The van der Waals surface area contributed by atoms with Gasteiger partial charge < -0.3 is 18.9 Å². The highest BCUT2D eigenvalue weighted by molar-refractivity contribution is 7.47. The summed E-state index contributed by atoms with van der Waals surface area (Å²) in [6.45, 7) is 4.12. The van der Waals surface area contributed by atoms with Crippen LogP contribution in [0.15, 0.2) is 146 Å². The second-order valence-electron chi connectivity index (χ2n) is 23.1. The van der Waals surface area contributed by atoms with Crippen molar-refractivity contribution in [3.05, 3.63) is 146 Å². The third-order valence-electron chi connectivity index (χ3n) is 13.9. The molecule has 2 unspecified atom stereocenters. The first-order chi connectivity index (χ1) is 41.0. The van der Waals surface area contributed by atoms with Gasteiger partial charge in [-0.2, -0.15) is 0 Å². The van der Waals surface area contributed by atoms with Crippen molar-refractivity contribution in [3.8, 4) is 0 Å². The van der Waals surface area contributed by atoms with Crippen LogP contribution < -0.4 is 0 Å². The summed E-state index contributed by atoms with van der Waals surface area (Å²) in [7, 11) is 1.43. The SMILES string of the molecule is CC/C=C\C/C=C\C/C=C\C/C=C\C/C=C\C/C=C\CCCCCCCCCCCCCCCCCCCCCCCCC(=O)OC(COC(=O)CC/C=C\C/C=C\C/C=C\C/C=C\C/C=C\C/C=C\CC)COP(=O)(O)OCC[N+](C)(C)C. The molecule has 0 saturated heterocycles. The zero-order chi connectivity index (χ0) is 61.2. The van der Waals surface area contributed by atoms with Crippen LogP contribution in [0, 0.1) is 0 Å². The lowest BCUT2D eigenvalue weighted by Gasteiger charge is -2.24. The van der Waals surface area contributed by atoms with Crippen LogP contribution in [0.25, 0.3) is 0 Å². The normalized spacial score (nSPS) is 14.1. The van der Waals surface area contributed by atoms with Crippen LogP contribution in [0.3, 0.4) is 0 Å². The Morgan fingerprint density at radius 3 is 1.00 bits per heavy atom. The van der Waals surface area contributed by atoms with Crippen LogP contribution in [-0.2, 0) is 32.7 Å². The number of phosphoric ester groups is 1. The van der Waals surface area contributed by atoms with Gasteiger partial charge in [0.05, 0.1) is 27.7 Å². The van der Waals surface area contributed by atoms with Crippen molar-refractivity contribution >= 4 is 19.8 Å². The summed E-state index contributed by atoms with van der Waals surface area (Å²) < 4.78 is 34.5. The monoisotopic (exact) mass is 1190 g/mol. The number of hydrogen-bond acceptors (Lipinski definition) is 7. The van der Waals surface area contributed by atoms with Crippen molar-refractivity contribution in [1.29, 1.82) is 0 Å². The molecule has 2 atom stereocenters. The summed E-state index contributed by atoms with van der Waals surface area (Å²) in [5.74, 6) is -0.896. The van der Waals surface area contributed by atoms with Crippen molar-refractivity contribution < 1.29 is 42.1 Å². The first-order valence-electron chi connectivity index (χ1n) is 33.6. The van der Waals surface area contributed by atoms with E-state index in [1.54, 1.807) is 0 Å². The molecule has 0 aliphatic heterocycles. The quantitative estimate of drug-likeness (QED) is 0.0211. The zero-order valence-electron chi connectivity index (χ0n) is 54.3. The minimum absolute atomic E-state index is 0.0152. The maximum atomic E-state index is 12.8. The number of ether oxygens (including phenoxy) is 2. The van der Waals surface area contributed by atoms with Crippen LogP contribution in [0.1, 0.15) is 258 Å². The van der Waals surface area contributed by atoms with Crippen molar-refractivity contribution in [2.45, 2.75) is 264 Å². The van der Waals surface area contributed by atoms with Crippen molar-refractivity contribution in [1.82, 2.24) is 0 Å². The Labute approximate surface area is 516 Å². The summed E-state index contributed by atoms with van der Waals surface area (Å²) in [4.78, 5) is 35.7. The molecular formula is C74H125NO8P+. The number of esters is 2. The van der Waals surface area contributed by atoms with E-state index in [0.29, 0.717) is 23.9 Å². The fourth-order valence-electron chi connectivity index (χ4n) is 8.81. The lowest BCUT2D eigenvalue weighted by atomic mass is 10.0. The molecule has 84 heavy (non-hydrogen) atoms. The first-order valence-corrected chi connectivity index (χ1v) is 35.1. The van der Waals surface area contributed by atoms with E-state index in [1.165, 1.54) is 122 Å². The Bertz CT molecular complexity index is 1930. The molecule has 0 aliphatic carbocycles. The molecule has 1 N–H and O–H groups in total. The van der Waals surface area contributed by atoms with Gasteiger partial charge in [0.15, 0.2) is 6.10 Å². The van der Waals surface area contributed by atoms with Crippen LogP contribution in [-0.4, -0.2) is 74.9 Å². The van der Waals surface area contributed by atoms with E-state index in [-0.39, 0.29) is 26.1 Å². The topological polar surface area (TPSA) is 108 Å². The summed E-state index contributed by atoms with van der Waals surface area (Å²) in [5, 5.41) is 0. The second kappa shape index (κ2) is 63.4. The van der Waals surface area contributed by atoms with E-state index >= 15 is 0 Å². The highest BCUT2D eigenvalue weighted by Crippen LogP contribution is 2.43. The van der Waals surface area contributed by atoms with E-state index in [9.17, 15) is 19.0 Å². The molecule has 0 heterocycles. The van der Waals surface area contributed by atoms with E-state index in [1.807, 2.05) is 33.3 Å². The predicted octanol–water partition coefficient (Wildman–Crippen LogP) is 21.8. The molecule has 0 spiro atoms. The molecule has 0 amide bonds. The maximum Gasteiger partial charge on any atom is 0.472 e. The highest BCUT2D eigenvalue weighted by atomic mass is 31.2. The third-order valence-corrected chi connectivity index (χ3v) is 14.9. The van der Waals surface area contributed by atoms with E-state index in [0.717, 1.165) is 96.3 Å². The zero-order valence-corrected chi connectivity index (χ0v) is 55.2. The van der Waals surface area contributed by atoms with E-state index < -0.39 is 32.5 Å². The summed E-state index contributed by atoms with van der Waals surface area (Å²) in [6.07, 6.45) is 94.1. The molecule has 0 fully saturated rings. The van der Waals surface area contributed by atoms with Gasteiger partial charge in [0, 0.05) is 12.8 Å². The Morgan fingerprint density at radius 2 is 0.667 bits per heavy atom. The number of phosphoric acid groups is 1. The number of allylic oxidation sites excluding steroid dienone is 24. The van der Waals surface area contributed by atoms with Crippen LogP contribution in [0.4, 0.5) is 0 Å². The number of unbranched alkanes of at least 4 members (excludes halogenated alkanes) is 22. The summed E-state index contributed by atoms with van der Waals surface area (Å²) >= 11 is 0. The van der Waals surface area contributed by atoms with Gasteiger partial charge in [-0.05, 0) is 103 Å². The molecule has 0 rings (SSSR count). The Morgan fingerprint density at radius 1 is 0.369 bits per heavy atom. The molecule has 0 aromatic carbocycles. The van der Waals surface area contributed by atoms with Crippen LogP contribution in [0.2, 0.25) is 0 Å². The molecule has 9 nitrogen and oxygen atoms in total. The summed E-state index contributed by atoms with van der Waals surface area (Å²) in [6, 6.07) is 0. The Kier molecular flexibility index (Phi) is 60.3. The van der Waals surface area contributed by atoms with Crippen LogP contribution >= 0.6 is 7.82 Å². The molecular weight excluding hydrogens is 1060 g/mol. The van der Waals surface area contributed by atoms with Crippen LogP contribution in [0.5, 0.6) is 0 Å². The lowest BCUT2D eigenvalue weighted by Crippen LogP contribution is -2.37. The van der Waals surface area contributed by atoms with Gasteiger partial charge in [-0.25, -0.2) is 4.57 Å². The summed E-state index contributed by atoms with van der Waals surface area (Å²) in [5.41, 5.74) is 0. The minimum Gasteiger partial charge on any atom is -0.462 e. The molecule has 0 aliphatic rings. The van der Waals surface area contributed by atoms with Gasteiger partial charge in [0.25, 0.3) is 0 Å². The first kappa shape index (κ1) is 79.9. The third kappa shape index (κ3) is 67.0. The van der Waals surface area contributed by atoms with Gasteiger partial charge in [-0.15, -0.1) is 0 Å². The Balaban J connectivity index is 4.02. The number of rotatable bonds is 60. The number of carbonyl (C=O) groups is 2. The second-order valence-corrected chi connectivity index (χ2v) is 24.5. The average molecular weight is 1190 g/mol. The molecule has 0 saturated carbocycles. The van der Waals surface area contributed by atoms with Crippen molar-refractivity contribution in [2.75, 3.05) is 47.5 Å². The van der Waals surface area contributed by atoms with Gasteiger partial charge in [-0.1, -0.05) is 288 Å². The fraction of sp³-hybridized carbons (Fsp3) is 0.649. The molecule has 0 aromatic heterocycles. The predicted molar refractivity (Wildman–Crippen MR) is 362 cm³/mol. The number of likely N-dealkylation sites (N-methyl/N-ethyl adjacent to an activating group) is 1. The lowest BCUT2D eigenvalue weighted by molar-refractivity contribution is -0.870. The molecule has 10 heteroatoms. The van der Waals surface area contributed by atoms with E-state index in [4.69, 9.17) is 18.5 Å². The van der Waals surface area contributed by atoms with E-state index in [2.05, 4.69) is 148 Å². The molecule has 0 radical (unpaired) electrons. The smallest absolute Gasteiger partial charge is 0.462 e. The highest BCUT2D eigenvalue weighted by Gasteiger charge is 2.27. The van der Waals surface area contributed by atoms with Crippen molar-refractivity contribution in [3.63, 3.8) is 0 Å². The Hall–Kier alpha value is -4.11. The number of quaternary nitrogens is 1. The van der Waals surface area contributed by atoms with Crippen molar-refractivity contribution in [2.24, 2.45) is 0 Å². The minimum atomic E-state index is -4.41. The van der Waals surface area contributed by atoms with Gasteiger partial charge in [0.1, 0.15) is 19.8 Å².